The smallest absolute Gasteiger partial charge is 0.318 e. The zero-order valence-electron chi connectivity index (χ0n) is 10.9. The Balaban J connectivity index is 3.30. The van der Waals surface area contributed by atoms with Crippen molar-refractivity contribution < 1.29 is 18.3 Å². The van der Waals surface area contributed by atoms with Crippen molar-refractivity contribution in [1.82, 2.24) is 4.31 Å². The highest BCUT2D eigenvalue weighted by molar-refractivity contribution is 9.10. The lowest BCUT2D eigenvalue weighted by Crippen LogP contribution is -2.40. The first-order valence-electron chi connectivity index (χ1n) is 5.65. The van der Waals surface area contributed by atoms with E-state index in [-0.39, 0.29) is 4.90 Å². The van der Waals surface area contributed by atoms with Gasteiger partial charge in [-0.3, -0.25) is 4.79 Å². The molecule has 19 heavy (non-hydrogen) atoms. The number of rotatable bonds is 5. The summed E-state index contributed by atoms with van der Waals surface area (Å²) in [5.74, 6) is -1.18. The molecule has 1 rings (SSSR count). The molecule has 1 N–H and O–H groups in total. The van der Waals surface area contributed by atoms with Gasteiger partial charge in [0.1, 0.15) is 6.54 Å². The van der Waals surface area contributed by atoms with Crippen molar-refractivity contribution in [3.05, 3.63) is 28.2 Å². The largest absolute Gasteiger partial charge is 0.480 e. The number of aryl methyl sites for hydroxylation is 1. The molecule has 106 valence electrons. The summed E-state index contributed by atoms with van der Waals surface area (Å²) in [5, 5.41) is 8.84. The van der Waals surface area contributed by atoms with Crippen LogP contribution in [0.1, 0.15) is 19.4 Å². The van der Waals surface area contributed by atoms with Crippen molar-refractivity contribution in [2.75, 3.05) is 6.54 Å². The van der Waals surface area contributed by atoms with Gasteiger partial charge in [0.15, 0.2) is 0 Å². The molecule has 0 atom stereocenters. The molecule has 0 unspecified atom stereocenters. The number of carboxylic acid groups (broad SMARTS) is 1. The third-order valence-electron chi connectivity index (χ3n) is 2.49. The van der Waals surface area contributed by atoms with Crippen LogP contribution in [-0.4, -0.2) is 36.4 Å². The normalized spacial score (nSPS) is 12.1. The minimum absolute atomic E-state index is 0.0920. The summed E-state index contributed by atoms with van der Waals surface area (Å²) in [6.07, 6.45) is 0. The molecule has 0 fully saturated rings. The number of aliphatic carboxylic acids is 1. The summed E-state index contributed by atoms with van der Waals surface area (Å²) in [6, 6.07) is 4.35. The molecule has 1 aromatic rings. The Morgan fingerprint density at radius 3 is 2.37 bits per heavy atom. The zero-order chi connectivity index (χ0) is 14.8. The van der Waals surface area contributed by atoms with Gasteiger partial charge in [0.25, 0.3) is 0 Å². The van der Waals surface area contributed by atoms with Gasteiger partial charge >= 0.3 is 5.97 Å². The molecule has 0 aliphatic rings. The standard InChI is InChI=1S/C12H16BrNO4S/c1-8(2)14(7-12(15)16)19(17,18)11-5-9(3)4-10(13)6-11/h4-6,8H,7H2,1-3H3,(H,15,16). The first-order valence-corrected chi connectivity index (χ1v) is 7.88. The van der Waals surface area contributed by atoms with Gasteiger partial charge < -0.3 is 5.11 Å². The summed E-state index contributed by atoms with van der Waals surface area (Å²) >= 11 is 3.24. The van der Waals surface area contributed by atoms with Crippen LogP contribution in [0.3, 0.4) is 0 Å². The van der Waals surface area contributed by atoms with E-state index >= 15 is 0 Å². The van der Waals surface area contributed by atoms with E-state index in [4.69, 9.17) is 5.11 Å². The van der Waals surface area contributed by atoms with E-state index in [9.17, 15) is 13.2 Å². The van der Waals surface area contributed by atoms with Gasteiger partial charge in [-0.1, -0.05) is 15.9 Å². The molecule has 5 nitrogen and oxygen atoms in total. The highest BCUT2D eigenvalue weighted by Gasteiger charge is 2.29. The van der Waals surface area contributed by atoms with Crippen molar-refractivity contribution in [1.29, 1.82) is 0 Å². The van der Waals surface area contributed by atoms with Crippen molar-refractivity contribution >= 4 is 31.9 Å². The predicted molar refractivity (Wildman–Crippen MR) is 75.5 cm³/mol. The van der Waals surface area contributed by atoms with Crippen LogP contribution in [0.15, 0.2) is 27.6 Å². The lowest BCUT2D eigenvalue weighted by atomic mass is 10.2. The highest BCUT2D eigenvalue weighted by atomic mass is 79.9. The zero-order valence-corrected chi connectivity index (χ0v) is 13.3. The Morgan fingerprint density at radius 2 is 1.95 bits per heavy atom. The Bertz CT molecular complexity index is 563. The van der Waals surface area contributed by atoms with Crippen molar-refractivity contribution in [3.8, 4) is 0 Å². The van der Waals surface area contributed by atoms with Gasteiger partial charge in [-0.05, 0) is 44.5 Å². The van der Waals surface area contributed by atoms with Crippen LogP contribution < -0.4 is 0 Å². The Morgan fingerprint density at radius 1 is 1.37 bits per heavy atom. The first kappa shape index (κ1) is 16.1. The number of carbonyl (C=O) groups is 1. The average Bonchev–Trinajstić information content (AvgIpc) is 2.23. The van der Waals surface area contributed by atoms with E-state index < -0.39 is 28.6 Å². The van der Waals surface area contributed by atoms with E-state index in [2.05, 4.69) is 15.9 Å². The molecule has 0 heterocycles. The maximum Gasteiger partial charge on any atom is 0.318 e. The Kier molecular flexibility index (Phi) is 5.11. The van der Waals surface area contributed by atoms with Crippen LogP contribution in [0.2, 0.25) is 0 Å². The summed E-state index contributed by atoms with van der Waals surface area (Å²) in [5.41, 5.74) is 0.784. The number of carboxylic acids is 1. The van der Waals surface area contributed by atoms with E-state index in [1.807, 2.05) is 0 Å². The van der Waals surface area contributed by atoms with Gasteiger partial charge in [-0.25, -0.2) is 8.42 Å². The highest BCUT2D eigenvalue weighted by Crippen LogP contribution is 2.23. The van der Waals surface area contributed by atoms with Gasteiger partial charge in [-0.2, -0.15) is 4.31 Å². The van der Waals surface area contributed by atoms with Crippen molar-refractivity contribution in [2.24, 2.45) is 0 Å². The Labute approximate surface area is 121 Å². The number of halogens is 1. The molecule has 0 saturated heterocycles. The molecular weight excluding hydrogens is 334 g/mol. The molecule has 0 amide bonds. The van der Waals surface area contributed by atoms with E-state index in [1.165, 1.54) is 12.1 Å². The van der Waals surface area contributed by atoms with Crippen molar-refractivity contribution in [2.45, 2.75) is 31.7 Å². The maximum atomic E-state index is 12.5. The van der Waals surface area contributed by atoms with Gasteiger partial charge in [0, 0.05) is 10.5 Å². The average molecular weight is 350 g/mol. The third-order valence-corrected chi connectivity index (χ3v) is 4.95. The number of hydrogen-bond donors (Lipinski definition) is 1. The van der Waals surface area contributed by atoms with Gasteiger partial charge in [-0.15, -0.1) is 0 Å². The molecule has 0 saturated carbocycles. The number of hydrogen-bond acceptors (Lipinski definition) is 3. The second-order valence-electron chi connectivity index (χ2n) is 4.50. The van der Waals surface area contributed by atoms with Crippen LogP contribution >= 0.6 is 15.9 Å². The van der Waals surface area contributed by atoms with Crippen LogP contribution in [0.4, 0.5) is 0 Å². The minimum atomic E-state index is -3.82. The maximum absolute atomic E-state index is 12.5. The minimum Gasteiger partial charge on any atom is -0.480 e. The molecule has 0 radical (unpaired) electrons. The van der Waals surface area contributed by atoms with Crippen LogP contribution in [0.25, 0.3) is 0 Å². The SMILES string of the molecule is Cc1cc(Br)cc(S(=O)(=O)N(CC(=O)O)C(C)C)c1. The lowest BCUT2D eigenvalue weighted by molar-refractivity contribution is -0.137. The number of benzene rings is 1. The van der Waals surface area contributed by atoms with Crippen molar-refractivity contribution in [3.63, 3.8) is 0 Å². The molecule has 0 spiro atoms. The molecule has 7 heteroatoms. The summed E-state index contributed by atoms with van der Waals surface area (Å²) in [4.78, 5) is 10.9. The molecule has 0 aliphatic heterocycles. The number of nitrogens with zero attached hydrogens (tertiary/aromatic N) is 1. The molecular formula is C12H16BrNO4S. The number of sulfonamides is 1. The van der Waals surface area contributed by atoms with Crippen LogP contribution in [-0.2, 0) is 14.8 Å². The second kappa shape index (κ2) is 6.02. The third kappa shape index (κ3) is 4.02. The summed E-state index contributed by atoms with van der Waals surface area (Å²) in [6.45, 7) is 4.52. The summed E-state index contributed by atoms with van der Waals surface area (Å²) in [7, 11) is -3.82. The van der Waals surface area contributed by atoms with E-state index in [0.29, 0.717) is 4.47 Å². The topological polar surface area (TPSA) is 74.7 Å². The van der Waals surface area contributed by atoms with Gasteiger partial charge in [0.05, 0.1) is 4.90 Å². The van der Waals surface area contributed by atoms with E-state index in [0.717, 1.165) is 9.87 Å². The Hall–Kier alpha value is -0.920. The molecule has 1 aromatic carbocycles. The quantitative estimate of drug-likeness (QED) is 0.884. The fraction of sp³-hybridized carbons (Fsp3) is 0.417. The summed E-state index contributed by atoms with van der Waals surface area (Å²) < 4.78 is 26.5. The monoisotopic (exact) mass is 349 g/mol. The first-order chi connectivity index (χ1) is 8.64. The van der Waals surface area contributed by atoms with E-state index in [1.54, 1.807) is 26.8 Å². The van der Waals surface area contributed by atoms with Crippen LogP contribution in [0.5, 0.6) is 0 Å². The predicted octanol–water partition coefficient (Wildman–Crippen LogP) is 2.24. The lowest BCUT2D eigenvalue weighted by Gasteiger charge is -2.24. The second-order valence-corrected chi connectivity index (χ2v) is 7.31. The van der Waals surface area contributed by atoms with Crippen LogP contribution in [0, 0.1) is 6.92 Å². The fourth-order valence-corrected chi connectivity index (χ4v) is 4.14. The molecule has 0 bridgehead atoms. The molecule has 0 aromatic heterocycles. The molecule has 0 aliphatic carbocycles. The van der Waals surface area contributed by atoms with Gasteiger partial charge in [0.2, 0.25) is 10.0 Å². The fourth-order valence-electron chi connectivity index (χ4n) is 1.67.